The molecule has 2 aromatic heterocycles. The normalized spacial score (nSPS) is 17.0. The van der Waals surface area contributed by atoms with E-state index in [-0.39, 0.29) is 28.6 Å². The number of carbonyl (C=O) groups is 4. The van der Waals surface area contributed by atoms with Crippen LogP contribution in [0.5, 0.6) is 17.2 Å². The molecule has 3 amide bonds. The van der Waals surface area contributed by atoms with Crippen molar-refractivity contribution >= 4 is 40.1 Å². The van der Waals surface area contributed by atoms with Crippen molar-refractivity contribution in [2.45, 2.75) is 63.6 Å². The number of carbonyl (C=O) groups excluding carboxylic acids is 4. The number of hydrogen-bond acceptors (Lipinski definition) is 9. The first-order valence-electron chi connectivity index (χ1n) is 19.3. The van der Waals surface area contributed by atoms with Crippen LogP contribution in [-0.2, 0) is 17.4 Å². The van der Waals surface area contributed by atoms with E-state index < -0.39 is 35.4 Å². The third-order valence-electron chi connectivity index (χ3n) is 10.7. The highest BCUT2D eigenvalue weighted by Crippen LogP contribution is 2.36. The van der Waals surface area contributed by atoms with Gasteiger partial charge in [0.1, 0.15) is 28.6 Å². The zero-order chi connectivity index (χ0) is 41.0. The van der Waals surface area contributed by atoms with Crippen LogP contribution in [0.1, 0.15) is 93.4 Å². The number of imide groups is 1. The van der Waals surface area contributed by atoms with Gasteiger partial charge in [-0.2, -0.15) is 18.3 Å². The number of nitrogens with zero attached hydrogens (tertiary/aromatic N) is 4. The Balaban J connectivity index is 0.849. The van der Waals surface area contributed by atoms with Crippen LogP contribution in [0.3, 0.4) is 0 Å². The summed E-state index contributed by atoms with van der Waals surface area (Å²) in [4.78, 5) is 55.3. The standard InChI is InChI=1S/C43H43F3N6O6/c1-51(20-5-3-4-9-26-10-6-11-30(21-26)58-35-14-7-12-31-38(35)41(55)49-42(56)39(31)53)24-27-16-18-29(19-17-27)52-25-28-22-34(36(57-2)23-33(28)50-52)48-40(54)32-13-8-15-37(47-32)43(44,45)46/h6-8,10-15,21-23,25,27,29H,3-5,9,16-20,24H2,1-2H3,(H,48,54)(H,49,55,56)/t27-,29-. The Hall–Kier alpha value is -6.09. The molecule has 1 aliphatic carbocycles. The number of fused-ring (bicyclic) bond motifs is 2. The van der Waals surface area contributed by atoms with Gasteiger partial charge >= 0.3 is 6.18 Å². The summed E-state index contributed by atoms with van der Waals surface area (Å²) in [6.45, 7) is 2.02. The molecule has 302 valence electrons. The largest absolute Gasteiger partial charge is 0.494 e. The van der Waals surface area contributed by atoms with E-state index in [1.54, 1.807) is 30.3 Å². The molecule has 1 aliphatic heterocycles. The van der Waals surface area contributed by atoms with Gasteiger partial charge in [-0.3, -0.25) is 29.2 Å². The topological polar surface area (TPSA) is 145 Å². The molecule has 0 saturated heterocycles. The molecule has 0 atom stereocenters. The number of Topliss-reactive ketones (excluding diaryl/α,β-unsaturated/α-hetero) is 1. The number of alkyl halides is 3. The minimum atomic E-state index is -4.67. The number of unbranched alkanes of at least 4 members (excludes halogenated alkanes) is 2. The Morgan fingerprint density at radius 3 is 2.48 bits per heavy atom. The zero-order valence-corrected chi connectivity index (χ0v) is 32.1. The lowest BCUT2D eigenvalue weighted by atomic mass is 9.86. The first kappa shape index (κ1) is 40.1. The number of ether oxygens (including phenoxy) is 2. The lowest BCUT2D eigenvalue weighted by Crippen LogP contribution is -2.42. The smallest absolute Gasteiger partial charge is 0.433 e. The van der Waals surface area contributed by atoms with Crippen LogP contribution < -0.4 is 20.1 Å². The summed E-state index contributed by atoms with van der Waals surface area (Å²) in [5, 5.41) is 10.3. The van der Waals surface area contributed by atoms with E-state index in [1.165, 1.54) is 19.2 Å². The second-order valence-electron chi connectivity index (χ2n) is 14.9. The van der Waals surface area contributed by atoms with E-state index in [1.807, 2.05) is 29.1 Å². The van der Waals surface area contributed by atoms with Crippen molar-refractivity contribution in [1.82, 2.24) is 25.0 Å². The fourth-order valence-electron chi connectivity index (χ4n) is 7.72. The fraction of sp³-hybridized carbons (Fsp3) is 0.349. The fourth-order valence-corrected chi connectivity index (χ4v) is 7.72. The van der Waals surface area contributed by atoms with Crippen molar-refractivity contribution in [1.29, 1.82) is 0 Å². The number of nitrogens with one attached hydrogen (secondary N) is 2. The van der Waals surface area contributed by atoms with E-state index in [9.17, 15) is 32.3 Å². The van der Waals surface area contributed by atoms with Gasteiger partial charge in [0, 0.05) is 29.8 Å². The summed E-state index contributed by atoms with van der Waals surface area (Å²) in [6.07, 6.45) is 5.39. The molecule has 1 saturated carbocycles. The van der Waals surface area contributed by atoms with Gasteiger partial charge in [0.2, 0.25) is 0 Å². The van der Waals surface area contributed by atoms with Crippen LogP contribution in [0.4, 0.5) is 18.9 Å². The Labute approximate surface area is 332 Å². The van der Waals surface area contributed by atoms with Crippen molar-refractivity contribution in [2.75, 3.05) is 32.6 Å². The van der Waals surface area contributed by atoms with Crippen LogP contribution in [0.15, 0.2) is 79.0 Å². The third-order valence-corrected chi connectivity index (χ3v) is 10.7. The second kappa shape index (κ2) is 17.2. The average Bonchev–Trinajstić information content (AvgIpc) is 3.62. The SMILES string of the molecule is COc1cc2nn([C@H]3CC[C@H](CN(C)CCCCCc4cccc(Oc5cccc6c5C(=O)NC(=O)C6=O)c4)CC3)cc2cc1NC(=O)c1cccc(C(F)(F)F)n1. The lowest BCUT2D eigenvalue weighted by Gasteiger charge is -2.31. The van der Waals surface area contributed by atoms with Gasteiger partial charge in [0.15, 0.2) is 0 Å². The van der Waals surface area contributed by atoms with Gasteiger partial charge in [0.05, 0.1) is 29.9 Å². The van der Waals surface area contributed by atoms with Gasteiger partial charge < -0.3 is 19.7 Å². The molecule has 2 N–H and O–H groups in total. The minimum absolute atomic E-state index is 0.0368. The number of anilines is 1. The summed E-state index contributed by atoms with van der Waals surface area (Å²) >= 11 is 0. The number of benzene rings is 3. The minimum Gasteiger partial charge on any atom is -0.494 e. The van der Waals surface area contributed by atoms with E-state index in [0.717, 1.165) is 87.5 Å². The van der Waals surface area contributed by atoms with Gasteiger partial charge in [-0.05, 0) is 112 Å². The molecule has 0 radical (unpaired) electrons. The Morgan fingerprint density at radius 1 is 0.931 bits per heavy atom. The number of aryl methyl sites for hydroxylation is 1. The highest BCUT2D eigenvalue weighted by molar-refractivity contribution is 6.49. The Morgan fingerprint density at radius 2 is 1.71 bits per heavy atom. The quantitative estimate of drug-likeness (QED) is 0.0648. The monoisotopic (exact) mass is 796 g/mol. The number of hydrogen-bond donors (Lipinski definition) is 2. The van der Waals surface area contributed by atoms with Crippen molar-refractivity contribution in [3.05, 3.63) is 107 Å². The highest BCUT2D eigenvalue weighted by Gasteiger charge is 2.34. The number of amides is 3. The Kier molecular flexibility index (Phi) is 11.9. The maximum Gasteiger partial charge on any atom is 0.433 e. The van der Waals surface area contributed by atoms with E-state index in [2.05, 4.69) is 27.6 Å². The van der Waals surface area contributed by atoms with Crippen LogP contribution in [0, 0.1) is 5.92 Å². The first-order valence-corrected chi connectivity index (χ1v) is 19.3. The predicted octanol–water partition coefficient (Wildman–Crippen LogP) is 8.03. The zero-order valence-electron chi connectivity index (χ0n) is 32.1. The summed E-state index contributed by atoms with van der Waals surface area (Å²) in [7, 11) is 3.62. The van der Waals surface area contributed by atoms with E-state index in [0.29, 0.717) is 28.6 Å². The molecular formula is C43H43F3N6O6. The van der Waals surface area contributed by atoms with Gasteiger partial charge in [0.25, 0.3) is 23.5 Å². The maximum absolute atomic E-state index is 13.2. The molecule has 12 nitrogen and oxygen atoms in total. The number of ketones is 1. The van der Waals surface area contributed by atoms with Gasteiger partial charge in [-0.25, -0.2) is 4.98 Å². The molecule has 3 heterocycles. The number of pyridine rings is 1. The summed E-state index contributed by atoms with van der Waals surface area (Å²) in [5.41, 5.74) is 0.700. The molecule has 58 heavy (non-hydrogen) atoms. The van der Waals surface area contributed by atoms with Gasteiger partial charge in [-0.15, -0.1) is 0 Å². The summed E-state index contributed by atoms with van der Waals surface area (Å²) in [5.74, 6) is -1.45. The third kappa shape index (κ3) is 9.20. The number of rotatable bonds is 14. The molecule has 2 aliphatic rings. The maximum atomic E-state index is 13.2. The van der Waals surface area contributed by atoms with Crippen LogP contribution >= 0.6 is 0 Å². The average molecular weight is 797 g/mol. The van der Waals surface area contributed by atoms with E-state index >= 15 is 0 Å². The molecule has 5 aromatic rings. The number of halogens is 3. The molecule has 0 spiro atoms. The Bertz CT molecular complexity index is 2350. The van der Waals surface area contributed by atoms with Crippen LogP contribution in [-0.4, -0.2) is 70.4 Å². The molecule has 0 bridgehead atoms. The summed E-state index contributed by atoms with van der Waals surface area (Å²) < 4.78 is 52.9. The van der Waals surface area contributed by atoms with E-state index in [4.69, 9.17) is 14.6 Å². The highest BCUT2D eigenvalue weighted by atomic mass is 19.4. The summed E-state index contributed by atoms with van der Waals surface area (Å²) in [6, 6.07) is 19.1. The first-order chi connectivity index (χ1) is 27.9. The van der Waals surface area contributed by atoms with Crippen molar-refractivity contribution in [3.8, 4) is 17.2 Å². The number of aromatic nitrogens is 3. The van der Waals surface area contributed by atoms with Crippen LogP contribution in [0.25, 0.3) is 10.9 Å². The molecule has 1 fully saturated rings. The molecule has 3 aromatic carbocycles. The van der Waals surface area contributed by atoms with Crippen molar-refractivity contribution in [3.63, 3.8) is 0 Å². The van der Waals surface area contributed by atoms with Gasteiger partial charge in [-0.1, -0.05) is 30.7 Å². The van der Waals surface area contributed by atoms with Crippen LogP contribution in [0.2, 0.25) is 0 Å². The molecular weight excluding hydrogens is 754 g/mol. The lowest BCUT2D eigenvalue weighted by molar-refractivity contribution is -0.141. The number of methoxy groups -OCH3 is 1. The van der Waals surface area contributed by atoms with Crippen molar-refractivity contribution < 1.29 is 41.8 Å². The molecule has 0 unspecified atom stereocenters. The predicted molar refractivity (Wildman–Crippen MR) is 209 cm³/mol. The molecule has 15 heteroatoms. The van der Waals surface area contributed by atoms with Crippen molar-refractivity contribution in [2.24, 2.45) is 5.92 Å². The molecule has 7 rings (SSSR count). The second-order valence-corrected chi connectivity index (χ2v) is 14.9.